The van der Waals surface area contributed by atoms with Gasteiger partial charge in [-0.1, -0.05) is 11.6 Å². The summed E-state index contributed by atoms with van der Waals surface area (Å²) < 4.78 is 5.35. The Balaban J connectivity index is 2.07. The van der Waals surface area contributed by atoms with Crippen molar-refractivity contribution in [3.8, 4) is 0 Å². The van der Waals surface area contributed by atoms with Gasteiger partial charge in [0.2, 0.25) is 0 Å². The number of nitro benzene ring substituents is 1. The molecule has 0 spiro atoms. The Hall–Kier alpha value is -1.33. The Morgan fingerprint density at radius 3 is 2.55 bits per heavy atom. The fraction of sp³-hybridized carbons (Fsp3) is 0.571. The number of halogens is 1. The highest BCUT2D eigenvalue weighted by Crippen LogP contribution is 2.32. The Morgan fingerprint density at radius 1 is 1.35 bits per heavy atom. The minimum atomic E-state index is -0.455. The summed E-state index contributed by atoms with van der Waals surface area (Å²) in [6, 6.07) is 3.54. The highest BCUT2D eigenvalue weighted by atomic mass is 35.5. The average molecular weight is 299 g/mol. The number of hydrogen-bond donors (Lipinski definition) is 1. The van der Waals surface area contributed by atoms with Crippen LogP contribution in [-0.4, -0.2) is 24.2 Å². The van der Waals surface area contributed by atoms with E-state index in [1.54, 1.807) is 13.2 Å². The van der Waals surface area contributed by atoms with Crippen LogP contribution in [0.2, 0.25) is 5.02 Å². The third kappa shape index (κ3) is 3.41. The number of nitrogens with one attached hydrogen (secondary N) is 1. The molecule has 1 saturated carbocycles. The lowest BCUT2D eigenvalue weighted by Gasteiger charge is -2.29. The van der Waals surface area contributed by atoms with E-state index in [1.165, 1.54) is 6.07 Å². The summed E-state index contributed by atoms with van der Waals surface area (Å²) in [5, 5.41) is 14.4. The van der Waals surface area contributed by atoms with Crippen molar-refractivity contribution in [1.82, 2.24) is 0 Å². The van der Waals surface area contributed by atoms with E-state index in [4.69, 9.17) is 16.3 Å². The van der Waals surface area contributed by atoms with Crippen molar-refractivity contribution in [2.75, 3.05) is 12.4 Å². The zero-order valence-electron chi connectivity index (χ0n) is 11.7. The van der Waals surface area contributed by atoms with Crippen LogP contribution in [0.1, 0.15) is 31.2 Å². The molecule has 1 aromatic carbocycles. The molecule has 6 heteroatoms. The molecule has 0 radical (unpaired) electrons. The van der Waals surface area contributed by atoms with E-state index in [0.717, 1.165) is 36.9 Å². The van der Waals surface area contributed by atoms with Crippen molar-refractivity contribution < 1.29 is 9.66 Å². The van der Waals surface area contributed by atoms with Gasteiger partial charge in [0, 0.05) is 24.9 Å². The first kappa shape index (κ1) is 15.1. The van der Waals surface area contributed by atoms with E-state index in [0.29, 0.717) is 12.1 Å². The van der Waals surface area contributed by atoms with Gasteiger partial charge in [-0.05, 0) is 44.2 Å². The van der Waals surface area contributed by atoms with Gasteiger partial charge in [-0.2, -0.15) is 0 Å². The monoisotopic (exact) mass is 298 g/mol. The van der Waals surface area contributed by atoms with Crippen molar-refractivity contribution in [3.63, 3.8) is 0 Å². The fourth-order valence-corrected chi connectivity index (χ4v) is 2.86. The minimum Gasteiger partial charge on any atom is -0.382 e. The summed E-state index contributed by atoms with van der Waals surface area (Å²) in [4.78, 5) is 10.4. The molecular formula is C14H19ClN2O3. The van der Waals surface area contributed by atoms with Gasteiger partial charge in [-0.3, -0.25) is 10.1 Å². The van der Waals surface area contributed by atoms with E-state index in [-0.39, 0.29) is 10.7 Å². The van der Waals surface area contributed by atoms with Crippen LogP contribution in [0.25, 0.3) is 0 Å². The largest absolute Gasteiger partial charge is 0.382 e. The van der Waals surface area contributed by atoms with Crippen molar-refractivity contribution in [2.45, 2.75) is 44.8 Å². The molecule has 110 valence electrons. The van der Waals surface area contributed by atoms with Crippen LogP contribution >= 0.6 is 11.6 Å². The number of aryl methyl sites for hydroxylation is 1. The number of ether oxygens (including phenoxy) is 1. The normalized spacial score (nSPS) is 22.6. The lowest BCUT2D eigenvalue weighted by atomic mass is 9.92. The Labute approximate surface area is 123 Å². The maximum atomic E-state index is 10.8. The average Bonchev–Trinajstić information content (AvgIpc) is 2.43. The van der Waals surface area contributed by atoms with Gasteiger partial charge in [0.1, 0.15) is 5.02 Å². The second-order valence-corrected chi connectivity index (χ2v) is 5.64. The Bertz CT molecular complexity index is 499. The van der Waals surface area contributed by atoms with E-state index in [2.05, 4.69) is 5.32 Å². The predicted molar refractivity (Wildman–Crippen MR) is 79.5 cm³/mol. The molecule has 0 aliphatic heterocycles. The first-order valence-electron chi connectivity index (χ1n) is 6.75. The van der Waals surface area contributed by atoms with Gasteiger partial charge in [0.05, 0.1) is 11.0 Å². The number of hydrogen-bond acceptors (Lipinski definition) is 4. The zero-order chi connectivity index (χ0) is 14.7. The van der Waals surface area contributed by atoms with Crippen LogP contribution in [-0.2, 0) is 4.74 Å². The molecule has 0 amide bonds. The lowest BCUT2D eigenvalue weighted by molar-refractivity contribution is -0.384. The van der Waals surface area contributed by atoms with Crippen LogP contribution in [0, 0.1) is 17.0 Å². The number of nitro groups is 1. The van der Waals surface area contributed by atoms with Crippen LogP contribution in [0.5, 0.6) is 0 Å². The van der Waals surface area contributed by atoms with Crippen molar-refractivity contribution in [1.29, 1.82) is 0 Å². The number of anilines is 1. The van der Waals surface area contributed by atoms with E-state index >= 15 is 0 Å². The summed E-state index contributed by atoms with van der Waals surface area (Å²) >= 11 is 5.96. The highest BCUT2D eigenvalue weighted by Gasteiger charge is 2.22. The topological polar surface area (TPSA) is 64.4 Å². The second-order valence-electron chi connectivity index (χ2n) is 5.23. The quantitative estimate of drug-likeness (QED) is 0.676. The third-order valence-corrected chi connectivity index (χ3v) is 4.16. The third-order valence-electron chi connectivity index (χ3n) is 3.86. The summed E-state index contributed by atoms with van der Waals surface area (Å²) in [6.07, 6.45) is 4.50. The van der Waals surface area contributed by atoms with E-state index < -0.39 is 4.92 Å². The summed E-state index contributed by atoms with van der Waals surface area (Å²) in [6.45, 7) is 1.85. The molecule has 20 heavy (non-hydrogen) atoms. The predicted octanol–water partition coefficient (Wildman–Crippen LogP) is 3.93. The number of nitrogens with zero attached hydrogens (tertiary/aromatic N) is 1. The number of methoxy groups -OCH3 is 1. The summed E-state index contributed by atoms with van der Waals surface area (Å²) in [5.41, 5.74) is 1.68. The molecule has 0 bridgehead atoms. The molecule has 0 unspecified atom stereocenters. The van der Waals surface area contributed by atoms with Gasteiger partial charge < -0.3 is 10.1 Å². The molecule has 1 N–H and O–H groups in total. The van der Waals surface area contributed by atoms with Crippen LogP contribution in [0.4, 0.5) is 11.4 Å². The van der Waals surface area contributed by atoms with Crippen LogP contribution in [0.15, 0.2) is 12.1 Å². The zero-order valence-corrected chi connectivity index (χ0v) is 12.4. The smallest absolute Gasteiger partial charge is 0.288 e. The Morgan fingerprint density at radius 2 is 2.00 bits per heavy atom. The van der Waals surface area contributed by atoms with Gasteiger partial charge in [-0.15, -0.1) is 0 Å². The van der Waals surface area contributed by atoms with Gasteiger partial charge in [0.15, 0.2) is 0 Å². The van der Waals surface area contributed by atoms with Gasteiger partial charge in [-0.25, -0.2) is 0 Å². The molecule has 0 aromatic heterocycles. The highest BCUT2D eigenvalue weighted by molar-refractivity contribution is 6.33. The summed E-state index contributed by atoms with van der Waals surface area (Å²) in [7, 11) is 1.75. The van der Waals surface area contributed by atoms with Crippen LogP contribution in [0.3, 0.4) is 0 Å². The number of rotatable bonds is 4. The molecule has 0 heterocycles. The number of benzene rings is 1. The molecular weight excluding hydrogens is 280 g/mol. The molecule has 1 fully saturated rings. The molecule has 0 atom stereocenters. The lowest BCUT2D eigenvalue weighted by Crippen LogP contribution is -2.29. The second kappa shape index (κ2) is 6.41. The van der Waals surface area contributed by atoms with Gasteiger partial charge in [0.25, 0.3) is 5.69 Å². The maximum absolute atomic E-state index is 10.8. The SMILES string of the molecule is COC1CCC(Nc2cc(Cl)c([N+](=O)[O-])cc2C)CC1. The summed E-state index contributed by atoms with van der Waals surface area (Å²) in [5.74, 6) is 0. The van der Waals surface area contributed by atoms with E-state index in [1.807, 2.05) is 6.92 Å². The maximum Gasteiger partial charge on any atom is 0.288 e. The molecule has 1 aliphatic carbocycles. The molecule has 1 aliphatic rings. The Kier molecular flexibility index (Phi) is 4.83. The minimum absolute atomic E-state index is 0.0437. The molecule has 5 nitrogen and oxygen atoms in total. The fourth-order valence-electron chi connectivity index (χ4n) is 2.62. The van der Waals surface area contributed by atoms with Crippen LogP contribution < -0.4 is 5.32 Å². The molecule has 2 rings (SSSR count). The van der Waals surface area contributed by atoms with Gasteiger partial charge >= 0.3 is 0 Å². The molecule has 1 aromatic rings. The van der Waals surface area contributed by atoms with Crippen molar-refractivity contribution in [3.05, 3.63) is 32.8 Å². The standard InChI is InChI=1S/C14H19ClN2O3/c1-9-7-14(17(18)19)12(15)8-13(9)16-10-3-5-11(20-2)6-4-10/h7-8,10-11,16H,3-6H2,1-2H3. The van der Waals surface area contributed by atoms with Crippen molar-refractivity contribution in [2.24, 2.45) is 0 Å². The van der Waals surface area contributed by atoms with Crippen molar-refractivity contribution >= 4 is 23.0 Å². The molecule has 0 saturated heterocycles. The first-order valence-corrected chi connectivity index (χ1v) is 7.13. The first-order chi connectivity index (χ1) is 9.51. The van der Waals surface area contributed by atoms with E-state index in [9.17, 15) is 10.1 Å².